The molecule has 2 nitrogen and oxygen atoms in total. The minimum atomic E-state index is 0. The number of aryl methyl sites for hydroxylation is 2. The highest BCUT2D eigenvalue weighted by atomic mass is 35.5. The first kappa shape index (κ1) is 14.8. The average molecular weight is 265 g/mol. The Morgan fingerprint density at radius 1 is 1.17 bits per heavy atom. The van der Waals surface area contributed by atoms with Crippen molar-refractivity contribution in [2.24, 2.45) is 0 Å². The molecule has 0 unspecified atom stereocenters. The van der Waals surface area contributed by atoms with Crippen LogP contribution in [0.15, 0.2) is 24.5 Å². The quantitative estimate of drug-likeness (QED) is 0.886. The summed E-state index contributed by atoms with van der Waals surface area (Å²) >= 11 is 0. The first-order chi connectivity index (χ1) is 8.08. The molecule has 0 bridgehead atoms. The smallest absolute Gasteiger partial charge is 0.110 e. The Kier molecular flexibility index (Phi) is 4.97. The van der Waals surface area contributed by atoms with Gasteiger partial charge < -0.3 is 4.98 Å². The molecule has 18 heavy (non-hydrogen) atoms. The van der Waals surface area contributed by atoms with Crippen molar-refractivity contribution in [3.05, 3.63) is 52.6 Å². The minimum Gasteiger partial charge on any atom is -0.348 e. The van der Waals surface area contributed by atoms with Crippen molar-refractivity contribution >= 4 is 12.4 Å². The zero-order valence-electron chi connectivity index (χ0n) is 11.4. The van der Waals surface area contributed by atoms with Gasteiger partial charge >= 0.3 is 0 Å². The van der Waals surface area contributed by atoms with Crippen molar-refractivity contribution in [2.75, 3.05) is 0 Å². The number of hydrogen-bond acceptors (Lipinski definition) is 1. The summed E-state index contributed by atoms with van der Waals surface area (Å²) in [6.07, 6.45) is 4.58. The lowest BCUT2D eigenvalue weighted by Crippen LogP contribution is -2.00. The summed E-state index contributed by atoms with van der Waals surface area (Å²) in [4.78, 5) is 7.46. The van der Waals surface area contributed by atoms with Gasteiger partial charge in [-0.05, 0) is 42.0 Å². The number of hydrogen-bond donors (Lipinski definition) is 1. The van der Waals surface area contributed by atoms with Gasteiger partial charge in [0, 0.05) is 18.8 Å². The molecule has 2 rings (SSSR count). The number of aromatic nitrogens is 2. The molecule has 0 aliphatic carbocycles. The van der Waals surface area contributed by atoms with E-state index < -0.39 is 0 Å². The van der Waals surface area contributed by atoms with Crippen LogP contribution in [0.5, 0.6) is 0 Å². The number of halogens is 1. The second-order valence-corrected chi connectivity index (χ2v) is 5.00. The Labute approximate surface area is 115 Å². The lowest BCUT2D eigenvalue weighted by atomic mass is 9.92. The second-order valence-electron chi connectivity index (χ2n) is 5.00. The predicted molar refractivity (Wildman–Crippen MR) is 78.6 cm³/mol. The molecular formula is C15H21ClN2. The topological polar surface area (TPSA) is 28.7 Å². The van der Waals surface area contributed by atoms with Crippen LogP contribution < -0.4 is 0 Å². The molecule has 0 atom stereocenters. The fraction of sp³-hybridized carbons (Fsp3) is 0.400. The molecule has 0 fully saturated rings. The number of rotatable bonds is 3. The maximum atomic E-state index is 4.30. The van der Waals surface area contributed by atoms with Gasteiger partial charge in [0.05, 0.1) is 0 Å². The Morgan fingerprint density at radius 3 is 2.22 bits per heavy atom. The largest absolute Gasteiger partial charge is 0.348 e. The van der Waals surface area contributed by atoms with Gasteiger partial charge in [0.15, 0.2) is 0 Å². The summed E-state index contributed by atoms with van der Waals surface area (Å²) in [5, 5.41) is 0. The van der Waals surface area contributed by atoms with Crippen molar-refractivity contribution in [3.8, 4) is 0 Å². The number of aromatic amines is 1. The predicted octanol–water partition coefficient (Wildman–Crippen LogP) is 4.16. The van der Waals surface area contributed by atoms with E-state index in [4.69, 9.17) is 0 Å². The van der Waals surface area contributed by atoms with E-state index in [9.17, 15) is 0 Å². The van der Waals surface area contributed by atoms with Crippen molar-refractivity contribution in [3.63, 3.8) is 0 Å². The van der Waals surface area contributed by atoms with Crippen molar-refractivity contribution in [2.45, 2.75) is 40.0 Å². The maximum Gasteiger partial charge on any atom is 0.110 e. The number of nitrogens with one attached hydrogen (secondary N) is 1. The van der Waals surface area contributed by atoms with Gasteiger partial charge in [0.2, 0.25) is 0 Å². The molecule has 98 valence electrons. The minimum absolute atomic E-state index is 0. The highest BCUT2D eigenvalue weighted by Crippen LogP contribution is 2.23. The van der Waals surface area contributed by atoms with Gasteiger partial charge in [-0.15, -0.1) is 12.4 Å². The number of imidazole rings is 1. The van der Waals surface area contributed by atoms with Crippen LogP contribution in [0.3, 0.4) is 0 Å². The molecule has 2 aromatic rings. The zero-order chi connectivity index (χ0) is 12.4. The molecule has 0 spiro atoms. The normalized spacial score (nSPS) is 10.5. The standard InChI is InChI=1S/C15H20N2.ClH/c1-10(2)13-7-11(3)14(12(4)8-13)9-15-16-5-6-17-15;/h5-8,10H,9H2,1-4H3,(H,16,17);1H. The molecule has 0 saturated carbocycles. The van der Waals surface area contributed by atoms with Crippen LogP contribution in [0.4, 0.5) is 0 Å². The van der Waals surface area contributed by atoms with E-state index in [0.717, 1.165) is 12.2 Å². The molecule has 1 aromatic carbocycles. The van der Waals surface area contributed by atoms with Crippen LogP contribution in [0.25, 0.3) is 0 Å². The summed E-state index contributed by atoms with van der Waals surface area (Å²) < 4.78 is 0. The molecule has 1 heterocycles. The number of H-pyrrole nitrogens is 1. The van der Waals surface area contributed by atoms with E-state index in [2.05, 4.69) is 49.8 Å². The fourth-order valence-corrected chi connectivity index (χ4v) is 2.20. The Bertz CT molecular complexity index is 478. The fourth-order valence-electron chi connectivity index (χ4n) is 2.20. The Balaban J connectivity index is 0.00000162. The first-order valence-corrected chi connectivity index (χ1v) is 6.16. The third-order valence-electron chi connectivity index (χ3n) is 3.28. The highest BCUT2D eigenvalue weighted by Gasteiger charge is 2.09. The van der Waals surface area contributed by atoms with Gasteiger partial charge in [-0.1, -0.05) is 26.0 Å². The summed E-state index contributed by atoms with van der Waals surface area (Å²) in [7, 11) is 0. The summed E-state index contributed by atoms with van der Waals surface area (Å²) in [5.74, 6) is 1.62. The Hall–Kier alpha value is -1.28. The van der Waals surface area contributed by atoms with Gasteiger partial charge in [-0.25, -0.2) is 4.98 Å². The van der Waals surface area contributed by atoms with E-state index in [0.29, 0.717) is 5.92 Å². The van der Waals surface area contributed by atoms with E-state index in [1.54, 1.807) is 0 Å². The molecule has 3 heteroatoms. The second kappa shape index (κ2) is 6.05. The molecule has 0 aliphatic rings. The van der Waals surface area contributed by atoms with Gasteiger partial charge in [-0.2, -0.15) is 0 Å². The van der Waals surface area contributed by atoms with E-state index in [1.807, 2.05) is 12.4 Å². The van der Waals surface area contributed by atoms with E-state index in [1.165, 1.54) is 22.3 Å². The summed E-state index contributed by atoms with van der Waals surface area (Å²) in [6, 6.07) is 4.60. The summed E-state index contributed by atoms with van der Waals surface area (Å²) in [6.45, 7) is 8.86. The van der Waals surface area contributed by atoms with Gasteiger partial charge in [0.25, 0.3) is 0 Å². The van der Waals surface area contributed by atoms with Crippen LogP contribution in [0.1, 0.15) is 47.8 Å². The molecule has 1 aromatic heterocycles. The number of benzene rings is 1. The molecule has 0 saturated heterocycles. The lowest BCUT2D eigenvalue weighted by Gasteiger charge is -2.14. The molecule has 0 amide bonds. The van der Waals surface area contributed by atoms with Gasteiger partial charge in [-0.3, -0.25) is 0 Å². The molecule has 0 radical (unpaired) electrons. The third kappa shape index (κ3) is 3.14. The number of nitrogens with zero attached hydrogens (tertiary/aromatic N) is 1. The lowest BCUT2D eigenvalue weighted by molar-refractivity contribution is 0.858. The van der Waals surface area contributed by atoms with E-state index >= 15 is 0 Å². The first-order valence-electron chi connectivity index (χ1n) is 6.16. The zero-order valence-corrected chi connectivity index (χ0v) is 12.3. The van der Waals surface area contributed by atoms with Crippen molar-refractivity contribution < 1.29 is 0 Å². The molecule has 1 N–H and O–H groups in total. The van der Waals surface area contributed by atoms with Crippen LogP contribution >= 0.6 is 12.4 Å². The van der Waals surface area contributed by atoms with E-state index in [-0.39, 0.29) is 12.4 Å². The van der Waals surface area contributed by atoms with Crippen LogP contribution in [0, 0.1) is 13.8 Å². The maximum absolute atomic E-state index is 4.30. The molecule has 0 aliphatic heterocycles. The molecular weight excluding hydrogens is 244 g/mol. The third-order valence-corrected chi connectivity index (χ3v) is 3.28. The van der Waals surface area contributed by atoms with Gasteiger partial charge in [0.1, 0.15) is 5.82 Å². The Morgan fingerprint density at radius 2 is 1.78 bits per heavy atom. The average Bonchev–Trinajstić information content (AvgIpc) is 2.75. The highest BCUT2D eigenvalue weighted by molar-refractivity contribution is 5.85. The SMILES string of the molecule is Cc1cc(C(C)C)cc(C)c1Cc1ncc[nH]1.Cl. The van der Waals surface area contributed by atoms with Crippen LogP contribution in [-0.4, -0.2) is 9.97 Å². The van der Waals surface area contributed by atoms with Crippen molar-refractivity contribution in [1.82, 2.24) is 9.97 Å². The van der Waals surface area contributed by atoms with Crippen LogP contribution in [-0.2, 0) is 6.42 Å². The summed E-state index contributed by atoms with van der Waals surface area (Å²) in [5.41, 5.74) is 5.54. The van der Waals surface area contributed by atoms with Crippen molar-refractivity contribution in [1.29, 1.82) is 0 Å². The monoisotopic (exact) mass is 264 g/mol. The van der Waals surface area contributed by atoms with Crippen LogP contribution in [0.2, 0.25) is 0 Å².